The number of rotatable bonds is 5. The molecule has 0 unspecified atom stereocenters. The lowest BCUT2D eigenvalue weighted by Crippen LogP contribution is -2.62. The highest BCUT2D eigenvalue weighted by atomic mass is 16.6. The number of nitrogens with one attached hydrogen (secondary N) is 1. The van der Waals surface area contributed by atoms with E-state index in [1.165, 1.54) is 0 Å². The Morgan fingerprint density at radius 1 is 1.09 bits per heavy atom. The third-order valence-electron chi connectivity index (χ3n) is 5.09. The van der Waals surface area contributed by atoms with E-state index in [4.69, 9.17) is 4.74 Å². The van der Waals surface area contributed by atoms with Gasteiger partial charge >= 0.3 is 6.09 Å². The molecule has 0 spiro atoms. The minimum Gasteiger partial charge on any atom is -0.447 e. The Bertz CT molecular complexity index is 373. The highest BCUT2D eigenvalue weighted by Crippen LogP contribution is 2.24. The molecular formula is C17H34N4O2. The van der Waals surface area contributed by atoms with Crippen molar-refractivity contribution in [2.24, 2.45) is 0 Å². The Hall–Kier alpha value is -0.850. The molecule has 0 aromatic heterocycles. The normalized spacial score (nSPS) is 23.9. The lowest BCUT2D eigenvalue weighted by molar-refractivity contribution is 0.0563. The summed E-state index contributed by atoms with van der Waals surface area (Å²) in [4.78, 5) is 19.5. The van der Waals surface area contributed by atoms with Crippen LogP contribution in [-0.4, -0.2) is 91.8 Å². The lowest BCUT2D eigenvalue weighted by Gasteiger charge is -2.45. The largest absolute Gasteiger partial charge is 0.447 e. The SMILES string of the molecule is CCN1CCC(CN2CCN(C)CC2)(NC(=O)OC(C)C)CC1. The zero-order valence-electron chi connectivity index (χ0n) is 15.3. The zero-order chi connectivity index (χ0) is 16.9. The van der Waals surface area contributed by atoms with E-state index in [1.54, 1.807) is 0 Å². The van der Waals surface area contributed by atoms with Gasteiger partial charge in [-0.3, -0.25) is 4.90 Å². The van der Waals surface area contributed by atoms with Crippen LogP contribution >= 0.6 is 0 Å². The molecule has 134 valence electrons. The van der Waals surface area contributed by atoms with Crippen LogP contribution in [0, 0.1) is 0 Å². The molecular weight excluding hydrogens is 292 g/mol. The molecule has 0 radical (unpaired) electrons. The third kappa shape index (κ3) is 5.62. The molecule has 2 aliphatic heterocycles. The van der Waals surface area contributed by atoms with E-state index in [9.17, 15) is 4.79 Å². The second-order valence-electron chi connectivity index (χ2n) is 7.37. The average molecular weight is 326 g/mol. The molecule has 2 heterocycles. The molecule has 1 amide bonds. The average Bonchev–Trinajstić information content (AvgIpc) is 2.49. The number of nitrogens with zero attached hydrogens (tertiary/aromatic N) is 3. The first kappa shape index (κ1) is 18.5. The number of ether oxygens (including phenoxy) is 1. The van der Waals surface area contributed by atoms with Gasteiger partial charge in [0.25, 0.3) is 0 Å². The maximum atomic E-state index is 12.2. The highest BCUT2D eigenvalue weighted by Gasteiger charge is 2.38. The topological polar surface area (TPSA) is 48.0 Å². The molecule has 0 aromatic rings. The van der Waals surface area contributed by atoms with Crippen LogP contribution in [-0.2, 0) is 4.74 Å². The summed E-state index contributed by atoms with van der Waals surface area (Å²) < 4.78 is 5.35. The van der Waals surface area contributed by atoms with Crippen LogP contribution < -0.4 is 5.32 Å². The van der Waals surface area contributed by atoms with E-state index in [-0.39, 0.29) is 17.7 Å². The fraction of sp³-hybridized carbons (Fsp3) is 0.941. The number of amides is 1. The van der Waals surface area contributed by atoms with Crippen molar-refractivity contribution in [3.05, 3.63) is 0 Å². The van der Waals surface area contributed by atoms with Gasteiger partial charge in [-0.15, -0.1) is 0 Å². The Balaban J connectivity index is 1.98. The maximum absolute atomic E-state index is 12.2. The molecule has 1 N–H and O–H groups in total. The van der Waals surface area contributed by atoms with Gasteiger partial charge in [0.05, 0.1) is 11.6 Å². The summed E-state index contributed by atoms with van der Waals surface area (Å²) >= 11 is 0. The molecule has 23 heavy (non-hydrogen) atoms. The van der Waals surface area contributed by atoms with Crippen molar-refractivity contribution in [2.75, 3.05) is 59.4 Å². The van der Waals surface area contributed by atoms with Crippen molar-refractivity contribution in [2.45, 2.75) is 45.3 Å². The Morgan fingerprint density at radius 2 is 1.70 bits per heavy atom. The van der Waals surface area contributed by atoms with Gasteiger partial charge in [0.1, 0.15) is 0 Å². The predicted molar refractivity (Wildman–Crippen MR) is 92.8 cm³/mol. The third-order valence-corrected chi connectivity index (χ3v) is 5.09. The van der Waals surface area contributed by atoms with Gasteiger partial charge in [0.15, 0.2) is 0 Å². The van der Waals surface area contributed by atoms with Crippen LogP contribution in [0.2, 0.25) is 0 Å². The van der Waals surface area contributed by atoms with E-state index < -0.39 is 0 Å². The van der Waals surface area contributed by atoms with Crippen molar-refractivity contribution < 1.29 is 9.53 Å². The number of piperazine rings is 1. The van der Waals surface area contributed by atoms with E-state index in [1.807, 2.05) is 13.8 Å². The van der Waals surface area contributed by atoms with Crippen LogP contribution in [0.4, 0.5) is 4.79 Å². The number of piperidine rings is 1. The number of likely N-dealkylation sites (tertiary alicyclic amines) is 1. The summed E-state index contributed by atoms with van der Waals surface area (Å²) in [5.41, 5.74) is -0.145. The van der Waals surface area contributed by atoms with Gasteiger partial charge in [0, 0.05) is 45.8 Å². The van der Waals surface area contributed by atoms with Crippen molar-refractivity contribution in [3.8, 4) is 0 Å². The minimum absolute atomic E-state index is 0.0774. The van der Waals surface area contributed by atoms with Crippen LogP contribution in [0.15, 0.2) is 0 Å². The fourth-order valence-corrected chi connectivity index (χ4v) is 3.51. The molecule has 6 heteroatoms. The molecule has 2 aliphatic rings. The minimum atomic E-state index is -0.265. The lowest BCUT2D eigenvalue weighted by atomic mass is 9.86. The molecule has 2 fully saturated rings. The van der Waals surface area contributed by atoms with Crippen molar-refractivity contribution in [3.63, 3.8) is 0 Å². The Labute approximate surface area is 141 Å². The van der Waals surface area contributed by atoms with Gasteiger partial charge in [-0.1, -0.05) is 6.92 Å². The van der Waals surface area contributed by atoms with E-state index in [2.05, 4.69) is 34.0 Å². The summed E-state index contributed by atoms with van der Waals surface area (Å²) in [5, 5.41) is 3.22. The first-order chi connectivity index (χ1) is 10.9. The van der Waals surface area contributed by atoms with E-state index in [0.29, 0.717) is 0 Å². The fourth-order valence-electron chi connectivity index (χ4n) is 3.51. The first-order valence-electron chi connectivity index (χ1n) is 9.04. The van der Waals surface area contributed by atoms with Gasteiger partial charge in [-0.2, -0.15) is 0 Å². The number of alkyl carbamates (subject to hydrolysis) is 1. The maximum Gasteiger partial charge on any atom is 0.407 e. The zero-order valence-corrected chi connectivity index (χ0v) is 15.3. The number of likely N-dealkylation sites (N-methyl/N-ethyl adjacent to an activating group) is 1. The Kier molecular flexibility index (Phi) is 6.68. The van der Waals surface area contributed by atoms with Crippen molar-refractivity contribution >= 4 is 6.09 Å². The van der Waals surface area contributed by atoms with Crippen molar-refractivity contribution in [1.29, 1.82) is 0 Å². The molecule has 0 saturated carbocycles. The van der Waals surface area contributed by atoms with Crippen LogP contribution in [0.25, 0.3) is 0 Å². The highest BCUT2D eigenvalue weighted by molar-refractivity contribution is 5.68. The number of carbonyl (C=O) groups excluding carboxylic acids is 1. The quantitative estimate of drug-likeness (QED) is 0.823. The summed E-state index contributed by atoms with van der Waals surface area (Å²) in [6.45, 7) is 14.5. The number of carbonyl (C=O) groups is 1. The van der Waals surface area contributed by atoms with Crippen molar-refractivity contribution in [1.82, 2.24) is 20.0 Å². The summed E-state index contributed by atoms with van der Waals surface area (Å²) in [6.07, 6.45) is 1.66. The van der Waals surface area contributed by atoms with Crippen LogP contribution in [0.5, 0.6) is 0 Å². The summed E-state index contributed by atoms with van der Waals surface area (Å²) in [5.74, 6) is 0. The Morgan fingerprint density at radius 3 is 2.22 bits per heavy atom. The predicted octanol–water partition coefficient (Wildman–Crippen LogP) is 1.22. The van der Waals surface area contributed by atoms with E-state index >= 15 is 0 Å². The smallest absolute Gasteiger partial charge is 0.407 e. The van der Waals surface area contributed by atoms with Gasteiger partial charge in [0.2, 0.25) is 0 Å². The first-order valence-corrected chi connectivity index (χ1v) is 9.04. The standard InChI is InChI=1S/C17H34N4O2/c1-5-20-8-6-17(7-9-20,18-16(22)23-15(2)3)14-21-12-10-19(4)11-13-21/h15H,5-14H2,1-4H3,(H,18,22). The van der Waals surface area contributed by atoms with Gasteiger partial charge < -0.3 is 19.9 Å². The molecule has 0 atom stereocenters. The molecule has 6 nitrogen and oxygen atoms in total. The molecule has 0 aromatic carbocycles. The molecule has 0 aliphatic carbocycles. The molecule has 2 saturated heterocycles. The van der Waals surface area contributed by atoms with Gasteiger partial charge in [-0.05, 0) is 40.3 Å². The monoisotopic (exact) mass is 326 g/mol. The van der Waals surface area contributed by atoms with Crippen LogP contribution in [0.3, 0.4) is 0 Å². The summed E-state index contributed by atoms with van der Waals surface area (Å²) in [7, 11) is 2.17. The summed E-state index contributed by atoms with van der Waals surface area (Å²) in [6, 6.07) is 0. The number of hydrogen-bond acceptors (Lipinski definition) is 5. The molecule has 0 bridgehead atoms. The van der Waals surface area contributed by atoms with Crippen LogP contribution in [0.1, 0.15) is 33.6 Å². The van der Waals surface area contributed by atoms with Gasteiger partial charge in [-0.25, -0.2) is 4.79 Å². The van der Waals surface area contributed by atoms with E-state index in [0.717, 1.165) is 65.2 Å². The molecule has 2 rings (SSSR count). The number of hydrogen-bond donors (Lipinski definition) is 1. The second-order valence-corrected chi connectivity index (χ2v) is 7.37. The second kappa shape index (κ2) is 8.31.